The van der Waals surface area contributed by atoms with Gasteiger partial charge < -0.3 is 4.90 Å². The average Bonchev–Trinajstić information content (AvgIpc) is 3.13. The van der Waals surface area contributed by atoms with Crippen LogP contribution in [-0.2, 0) is 0 Å². The van der Waals surface area contributed by atoms with Gasteiger partial charge in [0, 0.05) is 30.2 Å². The fraction of sp³-hybridized carbons (Fsp3) is 0.471. The van der Waals surface area contributed by atoms with Gasteiger partial charge in [-0.1, -0.05) is 25.4 Å². The molecule has 112 valence electrons. The van der Waals surface area contributed by atoms with Crippen molar-refractivity contribution in [2.75, 3.05) is 13.1 Å². The molecule has 1 saturated heterocycles. The Labute approximate surface area is 131 Å². The molecule has 0 amide bonds. The minimum atomic E-state index is 0.448. The zero-order chi connectivity index (χ0) is 14.8. The van der Waals surface area contributed by atoms with Gasteiger partial charge in [-0.25, -0.2) is 4.98 Å². The Morgan fingerprint density at radius 1 is 1.33 bits per heavy atom. The largest absolute Gasteiger partial charge is 0.377 e. The van der Waals surface area contributed by atoms with Crippen molar-refractivity contribution < 1.29 is 0 Å². The predicted octanol–water partition coefficient (Wildman–Crippen LogP) is 4.57. The van der Waals surface area contributed by atoms with E-state index >= 15 is 0 Å². The quantitative estimate of drug-likeness (QED) is 0.825. The van der Waals surface area contributed by atoms with E-state index in [2.05, 4.69) is 40.4 Å². The summed E-state index contributed by atoms with van der Waals surface area (Å²) in [7, 11) is 0. The van der Waals surface area contributed by atoms with E-state index in [0.29, 0.717) is 5.92 Å². The number of halogens is 1. The van der Waals surface area contributed by atoms with E-state index in [1.807, 2.05) is 18.5 Å². The standard InChI is InChI=1S/C17H22ClN3/c1-3-13(2)17-16-11-14(18)10-15(21(16)12-19-17)6-9-20-7-4-5-8-20/h6,9-13H,3-5,7-8H2,1-2H3. The van der Waals surface area contributed by atoms with Crippen LogP contribution in [0.5, 0.6) is 0 Å². The van der Waals surface area contributed by atoms with Gasteiger partial charge >= 0.3 is 0 Å². The van der Waals surface area contributed by atoms with Crippen molar-refractivity contribution in [2.45, 2.75) is 39.0 Å². The summed E-state index contributed by atoms with van der Waals surface area (Å²) < 4.78 is 2.14. The smallest absolute Gasteiger partial charge is 0.100 e. The van der Waals surface area contributed by atoms with Crippen molar-refractivity contribution in [3.05, 3.63) is 41.1 Å². The van der Waals surface area contributed by atoms with E-state index in [1.54, 1.807) is 0 Å². The first-order chi connectivity index (χ1) is 10.2. The van der Waals surface area contributed by atoms with E-state index in [4.69, 9.17) is 11.6 Å². The molecule has 1 unspecified atom stereocenters. The molecule has 21 heavy (non-hydrogen) atoms. The van der Waals surface area contributed by atoms with E-state index in [0.717, 1.165) is 41.4 Å². The molecular formula is C17H22ClN3. The number of pyridine rings is 1. The average molecular weight is 304 g/mol. The number of nitrogens with zero attached hydrogens (tertiary/aromatic N) is 3. The molecule has 1 fully saturated rings. The van der Waals surface area contributed by atoms with Crippen LogP contribution in [0.1, 0.15) is 50.4 Å². The molecular weight excluding hydrogens is 282 g/mol. The van der Waals surface area contributed by atoms with Crippen LogP contribution in [0.2, 0.25) is 5.02 Å². The molecule has 0 N–H and O–H groups in total. The molecule has 1 aliphatic rings. The molecule has 2 aromatic heterocycles. The Hall–Kier alpha value is -1.48. The molecule has 1 atom stereocenters. The maximum Gasteiger partial charge on any atom is 0.100 e. The number of fused-ring (bicyclic) bond motifs is 1. The number of likely N-dealkylation sites (tertiary alicyclic amines) is 1. The molecule has 0 aliphatic carbocycles. The number of imidazole rings is 1. The number of hydrogen-bond acceptors (Lipinski definition) is 2. The summed E-state index contributed by atoms with van der Waals surface area (Å²) in [5, 5.41) is 0.772. The van der Waals surface area contributed by atoms with Crippen molar-refractivity contribution in [3.63, 3.8) is 0 Å². The third kappa shape index (κ3) is 2.93. The van der Waals surface area contributed by atoms with Crippen LogP contribution >= 0.6 is 11.6 Å². The Bertz CT molecular complexity index is 653. The fourth-order valence-electron chi connectivity index (χ4n) is 2.88. The minimum absolute atomic E-state index is 0.448. The van der Waals surface area contributed by atoms with Gasteiger partial charge in [-0.2, -0.15) is 0 Å². The summed E-state index contributed by atoms with van der Waals surface area (Å²) in [6, 6.07) is 4.02. The van der Waals surface area contributed by atoms with Crippen molar-refractivity contribution in [1.82, 2.24) is 14.3 Å². The van der Waals surface area contributed by atoms with Crippen LogP contribution in [0.3, 0.4) is 0 Å². The van der Waals surface area contributed by atoms with Crippen LogP contribution in [0.25, 0.3) is 11.6 Å². The van der Waals surface area contributed by atoms with Gasteiger partial charge in [0.2, 0.25) is 0 Å². The molecule has 0 spiro atoms. The minimum Gasteiger partial charge on any atom is -0.377 e. The van der Waals surface area contributed by atoms with E-state index in [1.165, 1.54) is 12.8 Å². The molecule has 0 aromatic carbocycles. The molecule has 2 aromatic rings. The lowest BCUT2D eigenvalue weighted by Crippen LogP contribution is -2.10. The Balaban J connectivity index is 2.00. The van der Waals surface area contributed by atoms with Gasteiger partial charge in [-0.05, 0) is 37.5 Å². The third-order valence-electron chi connectivity index (χ3n) is 4.35. The highest BCUT2D eigenvalue weighted by Gasteiger charge is 2.13. The third-order valence-corrected chi connectivity index (χ3v) is 4.57. The fourth-order valence-corrected chi connectivity index (χ4v) is 3.09. The number of hydrogen-bond donors (Lipinski definition) is 0. The highest BCUT2D eigenvalue weighted by Crippen LogP contribution is 2.26. The second-order valence-corrected chi connectivity index (χ2v) is 6.29. The maximum absolute atomic E-state index is 6.31. The maximum atomic E-state index is 6.31. The first-order valence-electron chi connectivity index (χ1n) is 7.77. The summed E-state index contributed by atoms with van der Waals surface area (Å²) >= 11 is 6.31. The number of rotatable bonds is 4. The van der Waals surface area contributed by atoms with Gasteiger partial charge in [-0.15, -0.1) is 0 Å². The van der Waals surface area contributed by atoms with Crippen LogP contribution in [0.4, 0.5) is 0 Å². The highest BCUT2D eigenvalue weighted by molar-refractivity contribution is 6.31. The molecule has 3 heterocycles. The lowest BCUT2D eigenvalue weighted by molar-refractivity contribution is 0.471. The monoisotopic (exact) mass is 303 g/mol. The van der Waals surface area contributed by atoms with E-state index in [-0.39, 0.29) is 0 Å². The summed E-state index contributed by atoms with van der Waals surface area (Å²) in [4.78, 5) is 6.96. The summed E-state index contributed by atoms with van der Waals surface area (Å²) in [5.41, 5.74) is 3.35. The van der Waals surface area contributed by atoms with Crippen LogP contribution < -0.4 is 0 Å². The molecule has 3 rings (SSSR count). The van der Waals surface area contributed by atoms with Gasteiger partial charge in [0.25, 0.3) is 0 Å². The topological polar surface area (TPSA) is 20.5 Å². The first kappa shape index (κ1) is 14.5. The Morgan fingerprint density at radius 3 is 2.81 bits per heavy atom. The highest BCUT2D eigenvalue weighted by atomic mass is 35.5. The van der Waals surface area contributed by atoms with Gasteiger partial charge in [0.1, 0.15) is 6.33 Å². The predicted molar refractivity (Wildman–Crippen MR) is 88.7 cm³/mol. The summed E-state index contributed by atoms with van der Waals surface area (Å²) in [5.74, 6) is 0.448. The first-order valence-corrected chi connectivity index (χ1v) is 8.15. The molecule has 0 bridgehead atoms. The Kier molecular flexibility index (Phi) is 4.20. The zero-order valence-electron chi connectivity index (χ0n) is 12.7. The van der Waals surface area contributed by atoms with E-state index in [9.17, 15) is 0 Å². The lowest BCUT2D eigenvalue weighted by Gasteiger charge is -2.11. The van der Waals surface area contributed by atoms with Crippen molar-refractivity contribution in [1.29, 1.82) is 0 Å². The van der Waals surface area contributed by atoms with Crippen LogP contribution in [0, 0.1) is 0 Å². The lowest BCUT2D eigenvalue weighted by atomic mass is 10.0. The summed E-state index contributed by atoms with van der Waals surface area (Å²) in [6.07, 6.45) is 9.90. The van der Waals surface area contributed by atoms with Crippen LogP contribution in [-0.4, -0.2) is 27.4 Å². The second-order valence-electron chi connectivity index (χ2n) is 5.85. The van der Waals surface area contributed by atoms with E-state index < -0.39 is 0 Å². The summed E-state index contributed by atoms with van der Waals surface area (Å²) in [6.45, 7) is 6.71. The SMILES string of the molecule is CCC(C)c1ncn2c(C=CN3CCCC3)cc(Cl)cc12. The molecule has 4 heteroatoms. The van der Waals surface area contributed by atoms with Crippen LogP contribution in [0.15, 0.2) is 24.7 Å². The molecule has 0 radical (unpaired) electrons. The molecule has 0 saturated carbocycles. The Morgan fingerprint density at radius 2 is 2.10 bits per heavy atom. The number of aromatic nitrogens is 2. The van der Waals surface area contributed by atoms with Gasteiger partial charge in [0.15, 0.2) is 0 Å². The van der Waals surface area contributed by atoms with Crippen molar-refractivity contribution in [3.8, 4) is 0 Å². The second kappa shape index (κ2) is 6.10. The van der Waals surface area contributed by atoms with Gasteiger partial charge in [0.05, 0.1) is 16.9 Å². The zero-order valence-corrected chi connectivity index (χ0v) is 13.5. The van der Waals surface area contributed by atoms with Gasteiger partial charge in [-0.3, -0.25) is 4.40 Å². The van der Waals surface area contributed by atoms with Crippen molar-refractivity contribution >= 4 is 23.2 Å². The normalized spacial score (nSPS) is 17.2. The molecule has 3 nitrogen and oxygen atoms in total. The molecule has 1 aliphatic heterocycles. The van der Waals surface area contributed by atoms with Crippen molar-refractivity contribution in [2.24, 2.45) is 0 Å².